The summed E-state index contributed by atoms with van der Waals surface area (Å²) >= 11 is 0. The molecule has 1 aliphatic heterocycles. The van der Waals surface area contributed by atoms with Gasteiger partial charge in [0.25, 0.3) is 5.92 Å². The van der Waals surface area contributed by atoms with Crippen LogP contribution in [0.15, 0.2) is 48.9 Å². The largest absolute Gasteiger partial charge is 0.338 e. The molecule has 2 aromatic heterocycles. The molecule has 1 atom stereocenters. The molecule has 148 valence electrons. The van der Waals surface area contributed by atoms with Gasteiger partial charge in [0.05, 0.1) is 11.9 Å². The number of urea groups is 1. The molecule has 3 heterocycles. The minimum atomic E-state index is -2.67. The molecule has 8 nitrogen and oxygen atoms in total. The second kappa shape index (κ2) is 6.50. The molecular formula is C19H17F2N7O. The number of hydrogen-bond donors (Lipinski definition) is 2. The predicted octanol–water partition coefficient (Wildman–Crippen LogP) is 3.19. The van der Waals surface area contributed by atoms with Crippen LogP contribution in [-0.4, -0.2) is 44.8 Å². The van der Waals surface area contributed by atoms with Crippen LogP contribution >= 0.6 is 0 Å². The molecular weight excluding hydrogens is 380 g/mol. The van der Waals surface area contributed by atoms with Crippen molar-refractivity contribution in [1.29, 1.82) is 0 Å². The minimum Gasteiger partial charge on any atom is -0.338 e. The Balaban J connectivity index is 1.31. The van der Waals surface area contributed by atoms with E-state index in [1.54, 1.807) is 23.4 Å². The van der Waals surface area contributed by atoms with Crippen molar-refractivity contribution in [1.82, 2.24) is 25.1 Å². The quantitative estimate of drug-likeness (QED) is 0.690. The van der Waals surface area contributed by atoms with E-state index in [2.05, 4.69) is 25.7 Å². The summed E-state index contributed by atoms with van der Waals surface area (Å²) < 4.78 is 27.6. The molecule has 0 radical (unpaired) electrons. The highest BCUT2D eigenvalue weighted by Crippen LogP contribution is 2.52. The Morgan fingerprint density at radius 2 is 2.00 bits per heavy atom. The number of nitrogens with zero attached hydrogens (tertiary/aromatic N) is 5. The fourth-order valence-electron chi connectivity index (χ4n) is 3.28. The normalized spacial score (nSPS) is 19.9. The van der Waals surface area contributed by atoms with Crippen molar-refractivity contribution in [3.63, 3.8) is 0 Å². The Morgan fingerprint density at radius 1 is 1.21 bits per heavy atom. The highest BCUT2D eigenvalue weighted by Gasteiger charge is 2.59. The van der Waals surface area contributed by atoms with Gasteiger partial charge in [0, 0.05) is 43.2 Å². The lowest BCUT2D eigenvalue weighted by atomic mass is 10.2. The number of benzene rings is 1. The molecule has 1 unspecified atom stereocenters. The van der Waals surface area contributed by atoms with Crippen LogP contribution in [0.1, 0.15) is 12.5 Å². The molecule has 5 rings (SSSR count). The summed E-state index contributed by atoms with van der Waals surface area (Å²) in [6.45, 7) is 1.26. The monoisotopic (exact) mass is 397 g/mol. The van der Waals surface area contributed by atoms with Gasteiger partial charge in [-0.15, -0.1) is 0 Å². The minimum absolute atomic E-state index is 0.107. The van der Waals surface area contributed by atoms with E-state index in [9.17, 15) is 13.6 Å². The second-order valence-corrected chi connectivity index (χ2v) is 7.01. The highest BCUT2D eigenvalue weighted by atomic mass is 19.3. The molecule has 2 aliphatic rings. The van der Waals surface area contributed by atoms with Gasteiger partial charge in [-0.3, -0.25) is 9.58 Å². The van der Waals surface area contributed by atoms with Gasteiger partial charge in [0.1, 0.15) is 11.9 Å². The Bertz CT molecular complexity index is 1070. The van der Waals surface area contributed by atoms with Crippen molar-refractivity contribution in [3.8, 4) is 11.4 Å². The smallest absolute Gasteiger partial charge is 0.321 e. The highest BCUT2D eigenvalue weighted by molar-refractivity contribution is 5.94. The Kier molecular flexibility index (Phi) is 3.93. The van der Waals surface area contributed by atoms with E-state index in [0.717, 1.165) is 11.3 Å². The topological polar surface area (TPSA) is 88.0 Å². The van der Waals surface area contributed by atoms with Gasteiger partial charge >= 0.3 is 6.03 Å². The summed E-state index contributed by atoms with van der Waals surface area (Å²) in [4.78, 5) is 22.2. The summed E-state index contributed by atoms with van der Waals surface area (Å²) in [5.74, 6) is -1.64. The van der Waals surface area contributed by atoms with Crippen molar-refractivity contribution >= 4 is 23.2 Å². The number of hydrogen-bond acceptors (Lipinski definition) is 5. The molecule has 1 aliphatic carbocycles. The van der Waals surface area contributed by atoms with Gasteiger partial charge in [-0.1, -0.05) is 0 Å². The molecule has 1 saturated heterocycles. The average molecular weight is 397 g/mol. The summed E-state index contributed by atoms with van der Waals surface area (Å²) in [5, 5.41) is 9.83. The van der Waals surface area contributed by atoms with Gasteiger partial charge in [-0.2, -0.15) is 5.10 Å². The first kappa shape index (κ1) is 17.5. The lowest BCUT2D eigenvalue weighted by Crippen LogP contribution is -2.27. The molecule has 10 heteroatoms. The van der Waals surface area contributed by atoms with Crippen molar-refractivity contribution in [2.75, 3.05) is 23.3 Å². The molecule has 1 saturated carbocycles. The van der Waals surface area contributed by atoms with Crippen molar-refractivity contribution in [2.24, 2.45) is 0 Å². The van der Waals surface area contributed by atoms with E-state index >= 15 is 0 Å². The number of alkyl halides is 2. The van der Waals surface area contributed by atoms with Gasteiger partial charge in [0.2, 0.25) is 0 Å². The third kappa shape index (κ3) is 3.37. The van der Waals surface area contributed by atoms with Crippen LogP contribution in [0.2, 0.25) is 0 Å². The second-order valence-electron chi connectivity index (χ2n) is 7.01. The molecule has 3 aromatic rings. The van der Waals surface area contributed by atoms with E-state index < -0.39 is 12.0 Å². The molecule has 0 bridgehead atoms. The molecule has 29 heavy (non-hydrogen) atoms. The molecule has 0 spiro atoms. The first-order valence-corrected chi connectivity index (χ1v) is 9.17. The van der Waals surface area contributed by atoms with E-state index in [1.807, 2.05) is 24.3 Å². The van der Waals surface area contributed by atoms with Crippen LogP contribution in [-0.2, 0) is 0 Å². The zero-order chi connectivity index (χ0) is 20.0. The Morgan fingerprint density at radius 3 is 2.69 bits per heavy atom. The number of carbonyl (C=O) groups excluding carboxylic acids is 1. The average Bonchev–Trinajstić information content (AvgIpc) is 3.06. The van der Waals surface area contributed by atoms with Crippen LogP contribution in [0, 0.1) is 0 Å². The van der Waals surface area contributed by atoms with Crippen LogP contribution in [0.4, 0.5) is 30.8 Å². The maximum Gasteiger partial charge on any atom is 0.321 e. The number of amides is 2. The molecule has 2 fully saturated rings. The summed E-state index contributed by atoms with van der Waals surface area (Å²) in [5.41, 5.74) is 2.18. The van der Waals surface area contributed by atoms with E-state index in [0.29, 0.717) is 30.4 Å². The van der Waals surface area contributed by atoms with Crippen LogP contribution < -0.4 is 15.5 Å². The van der Waals surface area contributed by atoms with Gasteiger partial charge in [0.15, 0.2) is 5.82 Å². The van der Waals surface area contributed by atoms with Crippen molar-refractivity contribution in [2.45, 2.75) is 18.4 Å². The fraction of sp³-hybridized carbons (Fsp3) is 0.263. The maximum absolute atomic E-state index is 13.2. The zero-order valence-corrected chi connectivity index (χ0v) is 15.2. The summed E-state index contributed by atoms with van der Waals surface area (Å²) in [7, 11) is 0. The molecule has 2 amide bonds. The lowest BCUT2D eigenvalue weighted by molar-refractivity contribution is 0.0983. The van der Waals surface area contributed by atoms with Crippen molar-refractivity contribution in [3.05, 3.63) is 48.9 Å². The SMILES string of the molecule is O=C1NCCN1c1ccc(-c2nccc(Nc3cnn(C4CC4(F)F)c3)n2)cc1. The molecule has 2 N–H and O–H groups in total. The lowest BCUT2D eigenvalue weighted by Gasteiger charge is -2.14. The van der Waals surface area contributed by atoms with Gasteiger partial charge < -0.3 is 10.6 Å². The summed E-state index contributed by atoms with van der Waals surface area (Å²) in [6.07, 6.45) is 4.47. The third-order valence-electron chi connectivity index (χ3n) is 4.94. The number of anilines is 3. The number of nitrogens with one attached hydrogen (secondary N) is 2. The Hall–Kier alpha value is -3.56. The van der Waals surface area contributed by atoms with Crippen molar-refractivity contribution < 1.29 is 13.6 Å². The van der Waals surface area contributed by atoms with Crippen LogP contribution in [0.5, 0.6) is 0 Å². The first-order chi connectivity index (χ1) is 14.0. The van der Waals surface area contributed by atoms with E-state index in [-0.39, 0.29) is 12.5 Å². The van der Waals surface area contributed by atoms with Gasteiger partial charge in [-0.25, -0.2) is 23.5 Å². The Labute approximate surface area is 164 Å². The fourth-order valence-corrected chi connectivity index (χ4v) is 3.28. The summed E-state index contributed by atoms with van der Waals surface area (Å²) in [6, 6.07) is 8.13. The maximum atomic E-state index is 13.2. The molecule has 1 aromatic carbocycles. The number of carbonyl (C=O) groups is 1. The third-order valence-corrected chi connectivity index (χ3v) is 4.94. The van der Waals surface area contributed by atoms with E-state index in [4.69, 9.17) is 0 Å². The van der Waals surface area contributed by atoms with Crippen LogP contribution in [0.3, 0.4) is 0 Å². The number of halogens is 2. The van der Waals surface area contributed by atoms with Crippen LogP contribution in [0.25, 0.3) is 11.4 Å². The zero-order valence-electron chi connectivity index (χ0n) is 15.2. The first-order valence-electron chi connectivity index (χ1n) is 9.17. The van der Waals surface area contributed by atoms with E-state index in [1.165, 1.54) is 10.9 Å². The number of aromatic nitrogens is 4. The van der Waals surface area contributed by atoms with Gasteiger partial charge in [-0.05, 0) is 30.3 Å². The number of rotatable bonds is 5. The standard InChI is InChI=1S/C19H17F2N7O/c20-19(21)9-15(19)28-11-13(10-24-28)25-16-5-6-22-17(26-16)12-1-3-14(4-2-12)27-8-7-23-18(27)29/h1-6,10-11,15H,7-9H2,(H,23,29)(H,22,25,26). The predicted molar refractivity (Wildman–Crippen MR) is 102 cm³/mol.